The first-order chi connectivity index (χ1) is 8.56. The van der Waals surface area contributed by atoms with Crippen LogP contribution in [0.3, 0.4) is 0 Å². The summed E-state index contributed by atoms with van der Waals surface area (Å²) < 4.78 is 5.81. The number of halogens is 2. The minimum atomic E-state index is -0.444. The molecule has 2 aromatic rings. The van der Waals surface area contributed by atoms with E-state index in [0.29, 0.717) is 22.0 Å². The van der Waals surface area contributed by atoms with Crippen LogP contribution in [0.1, 0.15) is 5.76 Å². The van der Waals surface area contributed by atoms with Crippen LogP contribution >= 0.6 is 27.5 Å². The van der Waals surface area contributed by atoms with Crippen molar-refractivity contribution in [3.05, 3.63) is 55.9 Å². The molecule has 0 saturated heterocycles. The molecule has 0 radical (unpaired) electrons. The number of non-ortho nitro benzene ring substituents is 1. The average molecular weight is 332 g/mol. The lowest BCUT2D eigenvalue weighted by Crippen LogP contribution is -1.99. The van der Waals surface area contributed by atoms with E-state index in [-0.39, 0.29) is 5.69 Å². The van der Waals surface area contributed by atoms with Crippen LogP contribution in [-0.2, 0) is 6.54 Å². The summed E-state index contributed by atoms with van der Waals surface area (Å²) in [6.45, 7) is 0.448. The Morgan fingerprint density at radius 2 is 2.17 bits per heavy atom. The van der Waals surface area contributed by atoms with Crippen molar-refractivity contribution in [1.29, 1.82) is 0 Å². The molecule has 0 atom stereocenters. The van der Waals surface area contributed by atoms with Crippen LogP contribution in [0, 0.1) is 10.1 Å². The molecule has 0 aliphatic rings. The minimum Gasteiger partial charge on any atom is -0.448 e. The molecular formula is C11H8BrClN2O3. The largest absolute Gasteiger partial charge is 0.448 e. The zero-order valence-electron chi connectivity index (χ0n) is 9.02. The Morgan fingerprint density at radius 3 is 2.72 bits per heavy atom. The summed E-state index contributed by atoms with van der Waals surface area (Å²) in [5.41, 5.74) is 0.779. The lowest BCUT2D eigenvalue weighted by atomic mass is 10.3. The minimum absolute atomic E-state index is 0.0356. The Morgan fingerprint density at radius 1 is 1.39 bits per heavy atom. The number of rotatable bonds is 4. The quantitative estimate of drug-likeness (QED) is 0.673. The van der Waals surface area contributed by atoms with E-state index in [1.807, 2.05) is 0 Å². The molecule has 0 aliphatic carbocycles. The Kier molecular flexibility index (Phi) is 3.88. The molecule has 18 heavy (non-hydrogen) atoms. The number of nitro benzene ring substituents is 1. The van der Waals surface area contributed by atoms with Crippen LogP contribution in [0.4, 0.5) is 11.4 Å². The normalized spacial score (nSPS) is 10.3. The predicted octanol–water partition coefficient (Wildman–Crippen LogP) is 4.22. The van der Waals surface area contributed by atoms with Crippen LogP contribution in [0.2, 0.25) is 5.22 Å². The number of nitro groups is 1. The number of anilines is 1. The van der Waals surface area contributed by atoms with Gasteiger partial charge in [0, 0.05) is 22.3 Å². The number of benzene rings is 1. The van der Waals surface area contributed by atoms with E-state index in [1.54, 1.807) is 18.2 Å². The van der Waals surface area contributed by atoms with Gasteiger partial charge in [-0.2, -0.15) is 0 Å². The highest BCUT2D eigenvalue weighted by Crippen LogP contribution is 2.27. The zero-order valence-corrected chi connectivity index (χ0v) is 11.4. The second kappa shape index (κ2) is 5.41. The van der Waals surface area contributed by atoms with Crippen molar-refractivity contribution in [2.75, 3.05) is 5.32 Å². The van der Waals surface area contributed by atoms with Crippen molar-refractivity contribution in [2.24, 2.45) is 0 Å². The van der Waals surface area contributed by atoms with Gasteiger partial charge in [0.1, 0.15) is 5.76 Å². The van der Waals surface area contributed by atoms with Crippen molar-refractivity contribution < 1.29 is 9.34 Å². The SMILES string of the molecule is O=[N+]([O-])c1ccc(NCc2ccc(Cl)o2)c(Br)c1. The molecule has 94 valence electrons. The first-order valence-electron chi connectivity index (χ1n) is 4.98. The van der Waals surface area contributed by atoms with E-state index in [2.05, 4.69) is 21.2 Å². The fourth-order valence-electron chi connectivity index (χ4n) is 1.39. The van der Waals surface area contributed by atoms with Crippen molar-refractivity contribution >= 4 is 38.9 Å². The van der Waals surface area contributed by atoms with Gasteiger partial charge in [0.15, 0.2) is 5.22 Å². The molecule has 0 bridgehead atoms. The summed E-state index contributed by atoms with van der Waals surface area (Å²) in [7, 11) is 0. The lowest BCUT2D eigenvalue weighted by molar-refractivity contribution is -0.384. The summed E-state index contributed by atoms with van der Waals surface area (Å²) in [6, 6.07) is 7.92. The van der Waals surface area contributed by atoms with Gasteiger partial charge in [-0.05, 0) is 45.7 Å². The van der Waals surface area contributed by atoms with E-state index < -0.39 is 4.92 Å². The fourth-order valence-corrected chi connectivity index (χ4v) is 2.06. The van der Waals surface area contributed by atoms with Gasteiger partial charge in [0.2, 0.25) is 0 Å². The topological polar surface area (TPSA) is 68.3 Å². The standard InChI is InChI=1S/C11H8BrClN2O3/c12-9-5-7(15(16)17)1-3-10(9)14-6-8-2-4-11(13)18-8/h1-5,14H,6H2. The van der Waals surface area contributed by atoms with E-state index >= 15 is 0 Å². The molecule has 5 nitrogen and oxygen atoms in total. The van der Waals surface area contributed by atoms with Gasteiger partial charge in [0.25, 0.3) is 5.69 Å². The van der Waals surface area contributed by atoms with Crippen LogP contribution in [0.15, 0.2) is 39.2 Å². The molecule has 0 amide bonds. The highest BCUT2D eigenvalue weighted by atomic mass is 79.9. The third kappa shape index (κ3) is 3.02. The summed E-state index contributed by atoms with van der Waals surface area (Å²) in [5.74, 6) is 0.685. The van der Waals surface area contributed by atoms with Crippen molar-refractivity contribution in [3.63, 3.8) is 0 Å². The number of hydrogen-bond donors (Lipinski definition) is 1. The number of nitrogens with zero attached hydrogens (tertiary/aromatic N) is 1. The maximum atomic E-state index is 10.6. The molecule has 0 fully saturated rings. The van der Waals surface area contributed by atoms with Gasteiger partial charge in [-0.15, -0.1) is 0 Å². The third-order valence-electron chi connectivity index (χ3n) is 2.25. The van der Waals surface area contributed by atoms with E-state index in [1.165, 1.54) is 12.1 Å². The highest BCUT2D eigenvalue weighted by molar-refractivity contribution is 9.10. The lowest BCUT2D eigenvalue weighted by Gasteiger charge is -2.06. The molecule has 1 N–H and O–H groups in total. The van der Waals surface area contributed by atoms with Gasteiger partial charge < -0.3 is 9.73 Å². The summed E-state index contributed by atoms with van der Waals surface area (Å²) in [4.78, 5) is 10.1. The second-order valence-electron chi connectivity index (χ2n) is 3.48. The Labute approximate surface area is 116 Å². The molecule has 2 rings (SSSR count). The number of hydrogen-bond acceptors (Lipinski definition) is 4. The Balaban J connectivity index is 2.08. The van der Waals surface area contributed by atoms with E-state index in [9.17, 15) is 10.1 Å². The summed E-state index contributed by atoms with van der Waals surface area (Å²) >= 11 is 8.92. The maximum absolute atomic E-state index is 10.6. The molecule has 0 aliphatic heterocycles. The van der Waals surface area contributed by atoms with Crippen LogP contribution < -0.4 is 5.32 Å². The van der Waals surface area contributed by atoms with Crippen LogP contribution in [0.5, 0.6) is 0 Å². The van der Waals surface area contributed by atoms with E-state index in [4.69, 9.17) is 16.0 Å². The smallest absolute Gasteiger partial charge is 0.270 e. The first-order valence-corrected chi connectivity index (χ1v) is 6.15. The highest BCUT2D eigenvalue weighted by Gasteiger charge is 2.09. The molecule has 0 spiro atoms. The molecule has 7 heteroatoms. The zero-order chi connectivity index (χ0) is 13.1. The second-order valence-corrected chi connectivity index (χ2v) is 4.71. The molecular weight excluding hydrogens is 323 g/mol. The van der Waals surface area contributed by atoms with Crippen molar-refractivity contribution in [2.45, 2.75) is 6.54 Å². The average Bonchev–Trinajstić information content (AvgIpc) is 2.73. The third-order valence-corrected chi connectivity index (χ3v) is 3.10. The maximum Gasteiger partial charge on any atom is 0.270 e. The monoisotopic (exact) mass is 330 g/mol. The first kappa shape index (κ1) is 12.9. The van der Waals surface area contributed by atoms with Crippen LogP contribution in [0.25, 0.3) is 0 Å². The molecule has 1 aromatic heterocycles. The summed E-state index contributed by atoms with van der Waals surface area (Å²) in [6.07, 6.45) is 0. The predicted molar refractivity (Wildman–Crippen MR) is 71.8 cm³/mol. The Bertz CT molecular complexity index is 585. The van der Waals surface area contributed by atoms with Crippen molar-refractivity contribution in [1.82, 2.24) is 0 Å². The number of nitrogens with one attached hydrogen (secondary N) is 1. The van der Waals surface area contributed by atoms with Gasteiger partial charge in [-0.25, -0.2) is 0 Å². The van der Waals surface area contributed by atoms with Crippen LogP contribution in [-0.4, -0.2) is 4.92 Å². The number of furan rings is 1. The molecule has 1 aromatic carbocycles. The Hall–Kier alpha value is -1.53. The van der Waals surface area contributed by atoms with Gasteiger partial charge in [-0.1, -0.05) is 0 Å². The van der Waals surface area contributed by atoms with Gasteiger partial charge >= 0.3 is 0 Å². The van der Waals surface area contributed by atoms with Gasteiger partial charge in [-0.3, -0.25) is 10.1 Å². The molecule has 1 heterocycles. The van der Waals surface area contributed by atoms with Crippen molar-refractivity contribution in [3.8, 4) is 0 Å². The fraction of sp³-hybridized carbons (Fsp3) is 0.0909. The van der Waals surface area contributed by atoms with Gasteiger partial charge in [0.05, 0.1) is 11.5 Å². The van der Waals surface area contributed by atoms with E-state index in [0.717, 1.165) is 5.69 Å². The summed E-state index contributed by atoms with van der Waals surface area (Å²) in [5, 5.41) is 14.0. The molecule has 0 saturated carbocycles. The molecule has 0 unspecified atom stereocenters.